The SMILES string of the molecule is CCCCCCCCOc1ccc(-c2ccc(C3CCC(CCCCC)CC3)cc2)nc1F. The molecule has 1 aliphatic rings. The summed E-state index contributed by atoms with van der Waals surface area (Å²) in [6, 6.07) is 12.2. The van der Waals surface area contributed by atoms with Crippen molar-refractivity contribution in [3.63, 3.8) is 0 Å². The Bertz CT molecular complexity index is 795. The molecule has 1 aromatic heterocycles. The molecule has 0 spiro atoms. The quantitative estimate of drug-likeness (QED) is 0.210. The summed E-state index contributed by atoms with van der Waals surface area (Å²) in [6.45, 7) is 5.06. The lowest BCUT2D eigenvalue weighted by Crippen LogP contribution is -2.13. The third kappa shape index (κ3) is 8.43. The van der Waals surface area contributed by atoms with Crippen LogP contribution in [0.3, 0.4) is 0 Å². The van der Waals surface area contributed by atoms with E-state index in [0.717, 1.165) is 24.3 Å². The Labute approximate surface area is 201 Å². The smallest absolute Gasteiger partial charge is 0.255 e. The first-order chi connectivity index (χ1) is 16.2. The largest absolute Gasteiger partial charge is 0.489 e. The van der Waals surface area contributed by atoms with Crippen molar-refractivity contribution in [2.45, 2.75) is 110 Å². The molecule has 1 aromatic carbocycles. The second-order valence-electron chi connectivity index (χ2n) is 9.94. The van der Waals surface area contributed by atoms with Gasteiger partial charge in [0.05, 0.1) is 12.3 Å². The van der Waals surface area contributed by atoms with Gasteiger partial charge in [0, 0.05) is 5.56 Å². The zero-order valence-electron chi connectivity index (χ0n) is 21.0. The number of pyridine rings is 1. The summed E-state index contributed by atoms with van der Waals surface area (Å²) in [6.07, 6.45) is 18.0. The Kier molecular flexibility index (Phi) is 11.2. The van der Waals surface area contributed by atoms with Crippen LogP contribution in [0.25, 0.3) is 11.3 Å². The van der Waals surface area contributed by atoms with Gasteiger partial charge in [0.15, 0.2) is 5.75 Å². The molecule has 3 rings (SSSR count). The third-order valence-electron chi connectivity index (χ3n) is 7.31. The summed E-state index contributed by atoms with van der Waals surface area (Å²) in [4.78, 5) is 4.18. The van der Waals surface area contributed by atoms with Crippen LogP contribution in [-0.2, 0) is 0 Å². The van der Waals surface area contributed by atoms with Crippen LogP contribution >= 0.6 is 0 Å². The average Bonchev–Trinajstić information content (AvgIpc) is 2.85. The van der Waals surface area contributed by atoms with E-state index in [0.29, 0.717) is 18.2 Å². The zero-order chi connectivity index (χ0) is 23.3. The van der Waals surface area contributed by atoms with Gasteiger partial charge in [0.25, 0.3) is 5.95 Å². The first kappa shape index (κ1) is 25.7. The van der Waals surface area contributed by atoms with E-state index in [9.17, 15) is 4.39 Å². The summed E-state index contributed by atoms with van der Waals surface area (Å²) in [5.74, 6) is 1.36. The number of ether oxygens (including phenoxy) is 1. The monoisotopic (exact) mass is 453 g/mol. The minimum Gasteiger partial charge on any atom is -0.489 e. The molecule has 0 unspecified atom stereocenters. The first-order valence-electron chi connectivity index (χ1n) is 13.6. The van der Waals surface area contributed by atoms with Crippen LogP contribution in [0.4, 0.5) is 4.39 Å². The lowest BCUT2D eigenvalue weighted by atomic mass is 9.77. The van der Waals surface area contributed by atoms with Crippen molar-refractivity contribution in [3.05, 3.63) is 47.9 Å². The standard InChI is InChI=1S/C30H44FNO/c1-3-5-7-8-9-11-23-33-29-22-21-28(32-30(29)31)27-19-17-26(18-20-27)25-15-13-24(14-16-25)12-10-6-4-2/h17-22,24-25H,3-16,23H2,1-2H3. The Morgan fingerprint density at radius 1 is 0.788 bits per heavy atom. The van der Waals surface area contributed by atoms with E-state index >= 15 is 0 Å². The molecule has 2 aromatic rings. The lowest BCUT2D eigenvalue weighted by molar-refractivity contribution is 0.286. The molecule has 0 radical (unpaired) electrons. The fraction of sp³-hybridized carbons (Fsp3) is 0.633. The van der Waals surface area contributed by atoms with E-state index in [2.05, 4.69) is 43.1 Å². The first-order valence-corrected chi connectivity index (χ1v) is 13.6. The van der Waals surface area contributed by atoms with Crippen molar-refractivity contribution in [1.29, 1.82) is 0 Å². The number of aromatic nitrogens is 1. The molecular weight excluding hydrogens is 409 g/mol. The Balaban J connectivity index is 1.46. The second-order valence-corrected chi connectivity index (χ2v) is 9.94. The highest BCUT2D eigenvalue weighted by atomic mass is 19.1. The van der Waals surface area contributed by atoms with Gasteiger partial charge < -0.3 is 4.74 Å². The summed E-state index contributed by atoms with van der Waals surface area (Å²) < 4.78 is 20.1. The van der Waals surface area contributed by atoms with Crippen molar-refractivity contribution in [2.75, 3.05) is 6.61 Å². The molecule has 1 heterocycles. The minimum absolute atomic E-state index is 0.264. The van der Waals surface area contributed by atoms with E-state index in [1.807, 2.05) is 6.07 Å². The molecule has 1 fully saturated rings. The van der Waals surface area contributed by atoms with E-state index < -0.39 is 5.95 Å². The van der Waals surface area contributed by atoms with E-state index in [1.54, 1.807) is 6.07 Å². The molecular formula is C30H44FNO. The maximum atomic E-state index is 14.5. The molecule has 0 aliphatic heterocycles. The van der Waals surface area contributed by atoms with E-state index in [-0.39, 0.29) is 5.75 Å². The van der Waals surface area contributed by atoms with Crippen molar-refractivity contribution in [3.8, 4) is 17.0 Å². The van der Waals surface area contributed by atoms with Crippen molar-refractivity contribution >= 4 is 0 Å². The summed E-state index contributed by atoms with van der Waals surface area (Å²) in [5.41, 5.74) is 3.06. The van der Waals surface area contributed by atoms with Gasteiger partial charge in [-0.1, -0.05) is 95.9 Å². The van der Waals surface area contributed by atoms with Crippen LogP contribution in [0.15, 0.2) is 36.4 Å². The molecule has 0 bridgehead atoms. The van der Waals surface area contributed by atoms with Gasteiger partial charge in [-0.05, 0) is 61.6 Å². The van der Waals surface area contributed by atoms with Gasteiger partial charge in [-0.2, -0.15) is 4.39 Å². The predicted molar refractivity (Wildman–Crippen MR) is 137 cm³/mol. The fourth-order valence-corrected chi connectivity index (χ4v) is 5.15. The molecule has 182 valence electrons. The second kappa shape index (κ2) is 14.4. The van der Waals surface area contributed by atoms with Crippen molar-refractivity contribution in [1.82, 2.24) is 4.98 Å². The molecule has 2 nitrogen and oxygen atoms in total. The Hall–Kier alpha value is -1.90. The van der Waals surface area contributed by atoms with Crippen LogP contribution < -0.4 is 4.74 Å². The van der Waals surface area contributed by atoms with Gasteiger partial charge in [-0.3, -0.25) is 0 Å². The number of halogens is 1. The molecule has 0 atom stereocenters. The average molecular weight is 454 g/mol. The van der Waals surface area contributed by atoms with Crippen LogP contribution in [0, 0.1) is 11.9 Å². The summed E-state index contributed by atoms with van der Waals surface area (Å²) >= 11 is 0. The highest BCUT2D eigenvalue weighted by Gasteiger charge is 2.22. The van der Waals surface area contributed by atoms with Crippen LogP contribution in [0.1, 0.15) is 115 Å². The van der Waals surface area contributed by atoms with Gasteiger partial charge in [0.1, 0.15) is 0 Å². The maximum Gasteiger partial charge on any atom is 0.255 e. The highest BCUT2D eigenvalue weighted by Crippen LogP contribution is 2.38. The number of hydrogen-bond donors (Lipinski definition) is 0. The molecule has 0 N–H and O–H groups in total. The van der Waals surface area contributed by atoms with E-state index in [1.165, 1.54) is 82.6 Å². The number of benzene rings is 1. The topological polar surface area (TPSA) is 22.1 Å². The van der Waals surface area contributed by atoms with Crippen molar-refractivity contribution < 1.29 is 9.13 Å². The molecule has 33 heavy (non-hydrogen) atoms. The Morgan fingerprint density at radius 3 is 2.15 bits per heavy atom. The number of nitrogens with zero attached hydrogens (tertiary/aromatic N) is 1. The third-order valence-corrected chi connectivity index (χ3v) is 7.31. The Morgan fingerprint density at radius 2 is 1.45 bits per heavy atom. The van der Waals surface area contributed by atoms with Crippen LogP contribution in [-0.4, -0.2) is 11.6 Å². The van der Waals surface area contributed by atoms with Gasteiger partial charge >= 0.3 is 0 Å². The zero-order valence-corrected chi connectivity index (χ0v) is 21.0. The highest BCUT2D eigenvalue weighted by molar-refractivity contribution is 5.60. The molecule has 1 saturated carbocycles. The molecule has 0 saturated heterocycles. The molecule has 0 amide bonds. The number of unbranched alkanes of at least 4 members (excludes halogenated alkanes) is 7. The predicted octanol–water partition coefficient (Wildman–Crippen LogP) is 9.48. The van der Waals surface area contributed by atoms with E-state index in [4.69, 9.17) is 4.74 Å². The molecule has 3 heteroatoms. The van der Waals surface area contributed by atoms with Gasteiger partial charge in [-0.15, -0.1) is 0 Å². The summed E-state index contributed by atoms with van der Waals surface area (Å²) in [7, 11) is 0. The molecule has 1 aliphatic carbocycles. The minimum atomic E-state index is -0.510. The van der Waals surface area contributed by atoms with Gasteiger partial charge in [-0.25, -0.2) is 4.98 Å². The normalized spacial score (nSPS) is 18.4. The van der Waals surface area contributed by atoms with Gasteiger partial charge in [0.2, 0.25) is 0 Å². The number of rotatable bonds is 14. The van der Waals surface area contributed by atoms with Crippen LogP contribution in [0.5, 0.6) is 5.75 Å². The lowest BCUT2D eigenvalue weighted by Gasteiger charge is -2.29. The number of hydrogen-bond acceptors (Lipinski definition) is 2. The maximum absolute atomic E-state index is 14.5. The summed E-state index contributed by atoms with van der Waals surface area (Å²) in [5, 5.41) is 0. The fourth-order valence-electron chi connectivity index (χ4n) is 5.15. The van der Waals surface area contributed by atoms with Crippen LogP contribution in [0.2, 0.25) is 0 Å². The van der Waals surface area contributed by atoms with Crippen molar-refractivity contribution in [2.24, 2.45) is 5.92 Å².